The highest BCUT2D eigenvalue weighted by molar-refractivity contribution is 5.84. The number of carbonyl (C=O) groups is 1. The summed E-state index contributed by atoms with van der Waals surface area (Å²) in [6.45, 7) is 6.24. The van der Waals surface area contributed by atoms with Crippen molar-refractivity contribution in [3.63, 3.8) is 0 Å². The molecule has 2 fully saturated rings. The second-order valence-corrected chi connectivity index (χ2v) is 8.35. The third-order valence-corrected chi connectivity index (χ3v) is 6.01. The molecular weight excluding hydrogens is 382 g/mol. The predicted molar refractivity (Wildman–Crippen MR) is 113 cm³/mol. The van der Waals surface area contributed by atoms with Crippen molar-refractivity contribution in [3.8, 4) is 0 Å². The summed E-state index contributed by atoms with van der Waals surface area (Å²) in [5.74, 6) is 6.91. The SMILES string of the molecule is CC1(C)C2=CN=C(N(N)C3CCCOC3)NC2CN1C(=O)N=NCc1ccccc1. The zero-order chi connectivity index (χ0) is 21.1. The number of carbonyl (C=O) groups excluding carboxylic acids is 1. The van der Waals surface area contributed by atoms with Crippen LogP contribution in [0.5, 0.6) is 0 Å². The standard InChI is InChI=1S/C21H29N7O2/c1-21(2)17-12-23-19(28(22)16-9-6-10-30-14-16)25-18(17)13-27(21)20(29)26-24-11-15-7-4-3-5-8-15/h3-5,7-8,12,16,18H,6,9-11,13-14,22H2,1-2H3,(H,23,25). The van der Waals surface area contributed by atoms with Crippen LogP contribution in [0.2, 0.25) is 0 Å². The minimum absolute atomic E-state index is 0.0590. The van der Waals surface area contributed by atoms with Crippen LogP contribution in [-0.2, 0) is 11.3 Å². The number of nitrogens with two attached hydrogens (primary N) is 1. The third kappa shape index (κ3) is 4.08. The van der Waals surface area contributed by atoms with E-state index in [2.05, 4.69) is 20.5 Å². The Bertz CT molecular complexity index is 859. The number of hydrogen-bond donors (Lipinski definition) is 2. The van der Waals surface area contributed by atoms with Gasteiger partial charge in [-0.3, -0.25) is 5.01 Å². The number of nitrogens with one attached hydrogen (secondary N) is 1. The van der Waals surface area contributed by atoms with Crippen molar-refractivity contribution in [2.45, 2.75) is 50.9 Å². The van der Waals surface area contributed by atoms with Gasteiger partial charge in [-0.1, -0.05) is 35.4 Å². The van der Waals surface area contributed by atoms with Gasteiger partial charge in [-0.15, -0.1) is 0 Å². The molecule has 3 heterocycles. The molecule has 3 aliphatic rings. The summed E-state index contributed by atoms with van der Waals surface area (Å²) in [7, 11) is 0. The number of urea groups is 1. The number of guanidine groups is 1. The molecule has 0 saturated carbocycles. The van der Waals surface area contributed by atoms with Crippen molar-refractivity contribution in [3.05, 3.63) is 47.7 Å². The number of benzene rings is 1. The average molecular weight is 412 g/mol. The van der Waals surface area contributed by atoms with Crippen LogP contribution < -0.4 is 11.2 Å². The van der Waals surface area contributed by atoms with Crippen LogP contribution in [0.15, 0.2) is 57.3 Å². The van der Waals surface area contributed by atoms with E-state index in [4.69, 9.17) is 10.6 Å². The van der Waals surface area contributed by atoms with E-state index in [9.17, 15) is 4.79 Å². The molecule has 160 valence electrons. The molecule has 2 atom stereocenters. The zero-order valence-electron chi connectivity index (χ0n) is 17.5. The monoisotopic (exact) mass is 411 g/mol. The number of aliphatic imine (C=N–C) groups is 1. The Kier molecular flexibility index (Phi) is 5.83. The minimum atomic E-state index is -0.511. The van der Waals surface area contributed by atoms with Gasteiger partial charge in [0.05, 0.1) is 30.8 Å². The Hall–Kier alpha value is -2.78. The summed E-state index contributed by atoms with van der Waals surface area (Å²) in [6, 6.07) is 9.44. The fourth-order valence-corrected chi connectivity index (χ4v) is 4.18. The number of nitrogens with zero attached hydrogens (tertiary/aromatic N) is 5. The van der Waals surface area contributed by atoms with Crippen LogP contribution >= 0.6 is 0 Å². The molecule has 2 saturated heterocycles. The lowest BCUT2D eigenvalue weighted by Gasteiger charge is -2.35. The van der Waals surface area contributed by atoms with Gasteiger partial charge in [0.1, 0.15) is 0 Å². The Morgan fingerprint density at radius 2 is 2.20 bits per heavy atom. The summed E-state index contributed by atoms with van der Waals surface area (Å²) in [5.41, 5.74) is 1.54. The molecule has 3 N–H and O–H groups in total. The maximum Gasteiger partial charge on any atom is 0.362 e. The summed E-state index contributed by atoms with van der Waals surface area (Å²) >= 11 is 0. The number of hydrazine groups is 1. The lowest BCUT2D eigenvalue weighted by Crippen LogP contribution is -2.57. The van der Waals surface area contributed by atoms with Gasteiger partial charge in [0.2, 0.25) is 5.96 Å². The van der Waals surface area contributed by atoms with Crippen LogP contribution in [0.4, 0.5) is 4.79 Å². The highest BCUT2D eigenvalue weighted by atomic mass is 16.5. The lowest BCUT2D eigenvalue weighted by molar-refractivity contribution is 0.0402. The van der Waals surface area contributed by atoms with E-state index in [0.29, 0.717) is 25.7 Å². The fourth-order valence-electron chi connectivity index (χ4n) is 4.18. The second-order valence-electron chi connectivity index (χ2n) is 8.35. The molecule has 0 bridgehead atoms. The van der Waals surface area contributed by atoms with Crippen LogP contribution in [-0.4, -0.2) is 59.3 Å². The van der Waals surface area contributed by atoms with E-state index in [0.717, 1.165) is 30.6 Å². The van der Waals surface area contributed by atoms with Crippen LogP contribution in [0.3, 0.4) is 0 Å². The molecule has 2 unspecified atom stereocenters. The molecule has 4 rings (SSSR count). The van der Waals surface area contributed by atoms with Crippen molar-refractivity contribution in [1.29, 1.82) is 0 Å². The first-order valence-electron chi connectivity index (χ1n) is 10.4. The zero-order valence-corrected chi connectivity index (χ0v) is 17.5. The Labute approximate surface area is 176 Å². The molecule has 3 aliphatic heterocycles. The lowest BCUT2D eigenvalue weighted by atomic mass is 9.93. The molecule has 0 radical (unpaired) electrons. The molecule has 1 aromatic rings. The largest absolute Gasteiger partial charge is 0.379 e. The van der Waals surface area contributed by atoms with Gasteiger partial charge in [-0.25, -0.2) is 15.6 Å². The van der Waals surface area contributed by atoms with Crippen LogP contribution in [0.1, 0.15) is 32.3 Å². The molecule has 0 aliphatic carbocycles. The van der Waals surface area contributed by atoms with E-state index in [1.165, 1.54) is 0 Å². The topological polar surface area (TPSA) is 108 Å². The van der Waals surface area contributed by atoms with E-state index >= 15 is 0 Å². The van der Waals surface area contributed by atoms with Crippen molar-refractivity contribution >= 4 is 12.0 Å². The number of fused-ring (bicyclic) bond motifs is 1. The minimum Gasteiger partial charge on any atom is -0.379 e. The molecule has 30 heavy (non-hydrogen) atoms. The van der Waals surface area contributed by atoms with Gasteiger partial charge in [0.25, 0.3) is 0 Å². The summed E-state index contributed by atoms with van der Waals surface area (Å²) in [4.78, 5) is 19.0. The highest BCUT2D eigenvalue weighted by Crippen LogP contribution is 2.36. The normalized spacial score (nSPS) is 25.4. The molecule has 0 spiro atoms. The first-order valence-corrected chi connectivity index (χ1v) is 10.4. The highest BCUT2D eigenvalue weighted by Gasteiger charge is 2.47. The van der Waals surface area contributed by atoms with Crippen LogP contribution in [0, 0.1) is 0 Å². The Morgan fingerprint density at radius 1 is 1.40 bits per heavy atom. The summed E-state index contributed by atoms with van der Waals surface area (Å²) < 4.78 is 5.54. The van der Waals surface area contributed by atoms with Crippen molar-refractivity contribution in [2.24, 2.45) is 21.1 Å². The second kappa shape index (κ2) is 8.53. The maximum absolute atomic E-state index is 12.8. The maximum atomic E-state index is 12.8. The van der Waals surface area contributed by atoms with Gasteiger partial charge < -0.3 is 15.0 Å². The molecule has 1 aromatic carbocycles. The predicted octanol–water partition coefficient (Wildman–Crippen LogP) is 2.42. The van der Waals surface area contributed by atoms with Crippen molar-refractivity contribution < 1.29 is 9.53 Å². The Morgan fingerprint density at radius 3 is 2.93 bits per heavy atom. The molecule has 9 heteroatoms. The van der Waals surface area contributed by atoms with Crippen molar-refractivity contribution in [1.82, 2.24) is 15.2 Å². The number of rotatable bonds is 3. The van der Waals surface area contributed by atoms with E-state index < -0.39 is 5.54 Å². The number of hydrogen-bond acceptors (Lipinski definition) is 7. The third-order valence-electron chi connectivity index (χ3n) is 6.01. The van der Waals surface area contributed by atoms with Gasteiger partial charge in [0, 0.05) is 19.4 Å². The quantitative estimate of drug-likeness (QED) is 0.451. The average Bonchev–Trinajstić information content (AvgIpc) is 3.04. The Balaban J connectivity index is 1.41. The van der Waals surface area contributed by atoms with Crippen molar-refractivity contribution in [2.75, 3.05) is 19.8 Å². The first-order chi connectivity index (χ1) is 14.5. The van der Waals surface area contributed by atoms with Gasteiger partial charge in [-0.05, 0) is 37.8 Å². The molecule has 2 amide bonds. The van der Waals surface area contributed by atoms with E-state index in [-0.39, 0.29) is 18.1 Å². The molecule has 9 nitrogen and oxygen atoms in total. The van der Waals surface area contributed by atoms with E-state index in [1.54, 1.807) is 9.91 Å². The number of likely N-dealkylation sites (tertiary alicyclic amines) is 1. The van der Waals surface area contributed by atoms with Gasteiger partial charge >= 0.3 is 6.03 Å². The summed E-state index contributed by atoms with van der Waals surface area (Å²) in [5, 5.41) is 13.1. The number of amides is 2. The van der Waals surface area contributed by atoms with Crippen LogP contribution in [0.25, 0.3) is 0 Å². The smallest absolute Gasteiger partial charge is 0.362 e. The fraction of sp³-hybridized carbons (Fsp3) is 0.524. The van der Waals surface area contributed by atoms with E-state index in [1.807, 2.05) is 50.4 Å². The van der Waals surface area contributed by atoms with Gasteiger partial charge in [-0.2, -0.15) is 5.11 Å². The number of ether oxygens (including phenoxy) is 1. The first kappa shape index (κ1) is 20.5. The molecular formula is C21H29N7O2. The molecule has 0 aromatic heterocycles. The number of azo groups is 1. The summed E-state index contributed by atoms with van der Waals surface area (Å²) in [6.07, 6.45) is 3.78. The van der Waals surface area contributed by atoms with Gasteiger partial charge in [0.15, 0.2) is 0 Å².